The first kappa shape index (κ1) is 15.0. The van der Waals surface area contributed by atoms with Crippen LogP contribution in [0.25, 0.3) is 0 Å². The molecule has 5 heteroatoms. The largest absolute Gasteiger partial charge is 0.319 e. The van der Waals surface area contributed by atoms with E-state index in [4.69, 9.17) is 10.6 Å². The molecule has 0 aromatic heterocycles. The van der Waals surface area contributed by atoms with E-state index in [1.165, 1.54) is 0 Å². The van der Waals surface area contributed by atoms with E-state index in [-0.39, 0.29) is 5.91 Å². The van der Waals surface area contributed by atoms with Crippen LogP contribution in [-0.2, 0) is 9.63 Å². The lowest BCUT2D eigenvalue weighted by atomic mass is 10.2. The molecular weight excluding hydrogens is 248 g/mol. The molecule has 1 aromatic carbocycles. The molecule has 1 unspecified atom stereocenters. The molecule has 0 fully saturated rings. The Labute approximate surface area is 112 Å². The highest BCUT2D eigenvalue weighted by molar-refractivity contribution is 7.99. The second-order valence-electron chi connectivity index (χ2n) is 4.91. The van der Waals surface area contributed by atoms with Crippen molar-refractivity contribution in [3.05, 3.63) is 30.3 Å². The molecule has 18 heavy (non-hydrogen) atoms. The summed E-state index contributed by atoms with van der Waals surface area (Å²) in [5.74, 6) is 0.219. The summed E-state index contributed by atoms with van der Waals surface area (Å²) in [6.07, 6.45) is 0. The van der Waals surface area contributed by atoms with Crippen molar-refractivity contribution >= 4 is 17.7 Å². The van der Waals surface area contributed by atoms with Gasteiger partial charge in [0.25, 0.3) is 5.91 Å². The van der Waals surface area contributed by atoms with E-state index >= 15 is 0 Å². The molecule has 0 spiro atoms. The normalized spacial score (nSPS) is 13.1. The fourth-order valence-electron chi connectivity index (χ4n) is 1.06. The first-order valence-corrected chi connectivity index (χ1v) is 6.78. The standard InChI is InChI=1S/C13H20N2O2S/c1-13(2,3)17-15-12(16)11(14)9-18-10-7-5-4-6-8-10/h4-8,11H,9,14H2,1-3H3,(H,15,16). The summed E-state index contributed by atoms with van der Waals surface area (Å²) in [6.45, 7) is 5.58. The fraction of sp³-hybridized carbons (Fsp3) is 0.462. The molecule has 1 atom stereocenters. The van der Waals surface area contributed by atoms with Crippen molar-refractivity contribution in [2.24, 2.45) is 5.73 Å². The maximum absolute atomic E-state index is 11.6. The first-order chi connectivity index (χ1) is 8.38. The number of hydroxylamine groups is 1. The van der Waals surface area contributed by atoms with E-state index in [2.05, 4.69) is 5.48 Å². The van der Waals surface area contributed by atoms with Crippen molar-refractivity contribution in [1.29, 1.82) is 0 Å². The van der Waals surface area contributed by atoms with Gasteiger partial charge in [-0.25, -0.2) is 5.48 Å². The Morgan fingerprint density at radius 1 is 1.39 bits per heavy atom. The van der Waals surface area contributed by atoms with Crippen molar-refractivity contribution in [2.45, 2.75) is 37.3 Å². The van der Waals surface area contributed by atoms with Crippen LogP contribution in [0.3, 0.4) is 0 Å². The van der Waals surface area contributed by atoms with E-state index in [9.17, 15) is 4.79 Å². The summed E-state index contributed by atoms with van der Waals surface area (Å²) >= 11 is 1.55. The summed E-state index contributed by atoms with van der Waals surface area (Å²) in [5, 5.41) is 0. The smallest absolute Gasteiger partial charge is 0.261 e. The van der Waals surface area contributed by atoms with Crippen LogP contribution in [0.5, 0.6) is 0 Å². The number of nitrogens with one attached hydrogen (secondary N) is 1. The molecular formula is C13H20N2O2S. The van der Waals surface area contributed by atoms with Gasteiger partial charge in [-0.2, -0.15) is 0 Å². The van der Waals surface area contributed by atoms with Crippen molar-refractivity contribution in [1.82, 2.24) is 5.48 Å². The lowest BCUT2D eigenvalue weighted by Gasteiger charge is -2.20. The van der Waals surface area contributed by atoms with Gasteiger partial charge >= 0.3 is 0 Å². The highest BCUT2D eigenvalue weighted by atomic mass is 32.2. The van der Waals surface area contributed by atoms with Gasteiger partial charge in [-0.1, -0.05) is 18.2 Å². The molecule has 1 aromatic rings. The molecule has 0 heterocycles. The lowest BCUT2D eigenvalue weighted by Crippen LogP contribution is -2.45. The Bertz CT molecular complexity index is 376. The Balaban J connectivity index is 2.32. The van der Waals surface area contributed by atoms with E-state index in [1.54, 1.807) is 11.8 Å². The van der Waals surface area contributed by atoms with Crippen molar-refractivity contribution < 1.29 is 9.63 Å². The summed E-state index contributed by atoms with van der Waals surface area (Å²) in [7, 11) is 0. The van der Waals surface area contributed by atoms with Gasteiger partial charge in [0.1, 0.15) is 0 Å². The maximum atomic E-state index is 11.6. The second kappa shape index (κ2) is 6.78. The molecule has 0 saturated carbocycles. The van der Waals surface area contributed by atoms with Crippen molar-refractivity contribution in [3.63, 3.8) is 0 Å². The number of carbonyl (C=O) groups is 1. The lowest BCUT2D eigenvalue weighted by molar-refractivity contribution is -0.146. The molecule has 1 amide bonds. The van der Waals surface area contributed by atoms with Crippen LogP contribution in [0.15, 0.2) is 35.2 Å². The van der Waals surface area contributed by atoms with Crippen LogP contribution >= 0.6 is 11.8 Å². The van der Waals surface area contributed by atoms with Gasteiger partial charge in [-0.3, -0.25) is 9.63 Å². The van der Waals surface area contributed by atoms with Crippen LogP contribution < -0.4 is 11.2 Å². The predicted octanol–water partition coefficient (Wildman–Crippen LogP) is 1.95. The Morgan fingerprint density at radius 2 is 2.00 bits per heavy atom. The molecule has 1 rings (SSSR count). The van der Waals surface area contributed by atoms with E-state index in [0.717, 1.165) is 4.90 Å². The molecule has 0 saturated heterocycles. The molecule has 0 aliphatic rings. The highest BCUT2D eigenvalue weighted by Gasteiger charge is 2.17. The topological polar surface area (TPSA) is 64.3 Å². The quantitative estimate of drug-likeness (QED) is 0.633. The van der Waals surface area contributed by atoms with E-state index in [0.29, 0.717) is 5.75 Å². The van der Waals surface area contributed by atoms with Gasteiger partial charge in [0, 0.05) is 10.6 Å². The summed E-state index contributed by atoms with van der Waals surface area (Å²) in [6, 6.07) is 9.25. The number of benzene rings is 1. The SMILES string of the molecule is CC(C)(C)ONC(=O)C(N)CSc1ccccc1. The molecule has 0 aliphatic heterocycles. The van der Waals surface area contributed by atoms with E-state index in [1.807, 2.05) is 51.1 Å². The van der Waals surface area contributed by atoms with Crippen LogP contribution in [0.4, 0.5) is 0 Å². The van der Waals surface area contributed by atoms with Crippen LogP contribution in [0.1, 0.15) is 20.8 Å². The maximum Gasteiger partial charge on any atom is 0.261 e. The third kappa shape index (κ3) is 6.05. The number of thioether (sulfide) groups is 1. The monoisotopic (exact) mass is 268 g/mol. The number of nitrogens with two attached hydrogens (primary N) is 1. The number of hydrogen-bond donors (Lipinski definition) is 2. The molecule has 0 bridgehead atoms. The minimum absolute atomic E-state index is 0.298. The molecule has 4 nitrogen and oxygen atoms in total. The van der Waals surface area contributed by atoms with Crippen LogP contribution in [0, 0.1) is 0 Å². The third-order valence-corrected chi connectivity index (χ3v) is 3.10. The number of rotatable bonds is 5. The van der Waals surface area contributed by atoms with Gasteiger partial charge in [0.2, 0.25) is 0 Å². The second-order valence-corrected chi connectivity index (χ2v) is 6.00. The predicted molar refractivity (Wildman–Crippen MR) is 74.1 cm³/mol. The third-order valence-electron chi connectivity index (χ3n) is 1.97. The zero-order chi connectivity index (χ0) is 13.6. The van der Waals surface area contributed by atoms with Gasteiger partial charge in [0.15, 0.2) is 0 Å². The van der Waals surface area contributed by atoms with Gasteiger partial charge in [0.05, 0.1) is 11.6 Å². The number of carbonyl (C=O) groups excluding carboxylic acids is 1. The minimum atomic E-state index is -0.586. The molecule has 0 aliphatic carbocycles. The Hall–Kier alpha value is -1.04. The van der Waals surface area contributed by atoms with Gasteiger partial charge in [-0.15, -0.1) is 11.8 Å². The minimum Gasteiger partial charge on any atom is -0.319 e. The Morgan fingerprint density at radius 3 is 2.56 bits per heavy atom. The molecule has 3 N–H and O–H groups in total. The number of hydrogen-bond acceptors (Lipinski definition) is 4. The highest BCUT2D eigenvalue weighted by Crippen LogP contribution is 2.17. The summed E-state index contributed by atoms with van der Waals surface area (Å²) in [5.41, 5.74) is 7.75. The zero-order valence-corrected chi connectivity index (χ0v) is 11.8. The number of amides is 1. The van der Waals surface area contributed by atoms with Gasteiger partial charge < -0.3 is 5.73 Å². The average molecular weight is 268 g/mol. The van der Waals surface area contributed by atoms with Crippen LogP contribution in [-0.4, -0.2) is 23.3 Å². The molecule has 0 radical (unpaired) electrons. The first-order valence-electron chi connectivity index (χ1n) is 5.80. The summed E-state index contributed by atoms with van der Waals surface area (Å²) < 4.78 is 0. The summed E-state index contributed by atoms with van der Waals surface area (Å²) in [4.78, 5) is 17.9. The fourth-order valence-corrected chi connectivity index (χ4v) is 1.93. The van der Waals surface area contributed by atoms with E-state index < -0.39 is 11.6 Å². The van der Waals surface area contributed by atoms with Crippen molar-refractivity contribution in [3.8, 4) is 0 Å². The van der Waals surface area contributed by atoms with Crippen LogP contribution in [0.2, 0.25) is 0 Å². The average Bonchev–Trinajstić information content (AvgIpc) is 2.33. The zero-order valence-electron chi connectivity index (χ0n) is 11.0. The molecule has 100 valence electrons. The van der Waals surface area contributed by atoms with Crippen molar-refractivity contribution in [2.75, 3.05) is 5.75 Å². The Kier molecular flexibility index (Phi) is 5.65. The van der Waals surface area contributed by atoms with Gasteiger partial charge in [-0.05, 0) is 32.9 Å².